The van der Waals surface area contributed by atoms with Crippen molar-refractivity contribution in [1.29, 1.82) is 0 Å². The molecule has 0 aliphatic heterocycles. The Morgan fingerprint density at radius 1 is 1.26 bits per heavy atom. The Morgan fingerprint density at radius 3 is 2.74 bits per heavy atom. The highest BCUT2D eigenvalue weighted by molar-refractivity contribution is 9.10. The van der Waals surface area contributed by atoms with Crippen molar-refractivity contribution in [2.75, 3.05) is 0 Å². The fourth-order valence-corrected chi connectivity index (χ4v) is 2.05. The van der Waals surface area contributed by atoms with E-state index in [0.29, 0.717) is 32.7 Å². The highest BCUT2D eigenvalue weighted by Crippen LogP contribution is 2.23. The van der Waals surface area contributed by atoms with E-state index in [0.717, 1.165) is 0 Å². The Kier molecular flexibility index (Phi) is 4.56. The van der Waals surface area contributed by atoms with Crippen LogP contribution in [-0.4, -0.2) is 6.29 Å². The summed E-state index contributed by atoms with van der Waals surface area (Å²) >= 11 is 8.96. The van der Waals surface area contributed by atoms with Gasteiger partial charge < -0.3 is 4.74 Å². The molecule has 0 saturated heterocycles. The molecule has 0 aliphatic rings. The molecule has 0 unspecified atom stereocenters. The Hall–Kier alpha value is -1.39. The molecule has 0 heterocycles. The summed E-state index contributed by atoms with van der Waals surface area (Å²) in [5.74, 6) is 0.0118. The molecule has 0 aromatic heterocycles. The lowest BCUT2D eigenvalue weighted by molar-refractivity contribution is 0.111. The molecule has 0 N–H and O–H groups in total. The molecule has 0 saturated carbocycles. The van der Waals surface area contributed by atoms with Crippen LogP contribution in [0.4, 0.5) is 4.39 Å². The minimum Gasteiger partial charge on any atom is -0.488 e. The molecular weight excluding hydrogens is 335 g/mol. The van der Waals surface area contributed by atoms with Gasteiger partial charge in [-0.2, -0.15) is 0 Å². The van der Waals surface area contributed by atoms with Gasteiger partial charge in [-0.1, -0.05) is 33.6 Å². The predicted molar refractivity (Wildman–Crippen MR) is 75.3 cm³/mol. The summed E-state index contributed by atoms with van der Waals surface area (Å²) in [7, 11) is 0. The van der Waals surface area contributed by atoms with Crippen LogP contribution in [0.15, 0.2) is 40.9 Å². The second-order valence-corrected chi connectivity index (χ2v) is 5.18. The number of halogens is 3. The lowest BCUT2D eigenvalue weighted by Crippen LogP contribution is -2.00. The maximum absolute atomic E-state index is 13.6. The molecule has 0 bridgehead atoms. The van der Waals surface area contributed by atoms with E-state index >= 15 is 0 Å². The van der Waals surface area contributed by atoms with Gasteiger partial charge in [-0.15, -0.1) is 0 Å². The van der Waals surface area contributed by atoms with Crippen molar-refractivity contribution in [3.8, 4) is 5.75 Å². The monoisotopic (exact) mass is 342 g/mol. The average Bonchev–Trinajstić information content (AvgIpc) is 2.39. The van der Waals surface area contributed by atoms with Gasteiger partial charge in [-0.25, -0.2) is 4.39 Å². The highest BCUT2D eigenvalue weighted by Gasteiger charge is 2.07. The van der Waals surface area contributed by atoms with E-state index in [1.165, 1.54) is 12.1 Å². The van der Waals surface area contributed by atoms with Gasteiger partial charge in [0.15, 0.2) is 6.29 Å². The van der Waals surface area contributed by atoms with Crippen molar-refractivity contribution < 1.29 is 13.9 Å². The molecule has 0 aliphatic carbocycles. The first-order chi connectivity index (χ1) is 9.10. The summed E-state index contributed by atoms with van der Waals surface area (Å²) in [5.41, 5.74) is 0.750. The molecule has 0 fully saturated rings. The molecule has 2 nitrogen and oxygen atoms in total. The highest BCUT2D eigenvalue weighted by atomic mass is 79.9. The number of aldehydes is 1. The van der Waals surface area contributed by atoms with Crippen LogP contribution in [0.1, 0.15) is 15.9 Å². The Bertz CT molecular complexity index is 616. The lowest BCUT2D eigenvalue weighted by atomic mass is 10.2. The number of rotatable bonds is 4. The molecule has 2 rings (SSSR count). The maximum atomic E-state index is 13.6. The van der Waals surface area contributed by atoms with E-state index in [1.54, 1.807) is 24.3 Å². The third-order valence-corrected chi connectivity index (χ3v) is 3.23. The largest absolute Gasteiger partial charge is 0.488 e. The van der Waals surface area contributed by atoms with Crippen LogP contribution in [0.25, 0.3) is 0 Å². The number of hydrogen-bond donors (Lipinski definition) is 0. The Balaban J connectivity index is 2.16. The molecule has 19 heavy (non-hydrogen) atoms. The molecule has 98 valence electrons. The maximum Gasteiger partial charge on any atom is 0.153 e. The van der Waals surface area contributed by atoms with Crippen LogP contribution in [0.5, 0.6) is 5.75 Å². The third kappa shape index (κ3) is 3.55. The molecule has 2 aromatic carbocycles. The summed E-state index contributed by atoms with van der Waals surface area (Å²) in [5, 5.41) is 0.448. The van der Waals surface area contributed by atoms with E-state index < -0.39 is 0 Å². The van der Waals surface area contributed by atoms with Gasteiger partial charge in [0.1, 0.15) is 18.2 Å². The van der Waals surface area contributed by atoms with E-state index in [2.05, 4.69) is 15.9 Å². The van der Waals surface area contributed by atoms with Gasteiger partial charge in [-0.3, -0.25) is 4.79 Å². The second-order valence-electron chi connectivity index (χ2n) is 3.82. The van der Waals surface area contributed by atoms with Crippen LogP contribution < -0.4 is 4.74 Å². The molecule has 0 spiro atoms. The first-order valence-electron chi connectivity index (χ1n) is 5.41. The van der Waals surface area contributed by atoms with E-state index in [1.807, 2.05) is 0 Å². The van der Waals surface area contributed by atoms with Crippen LogP contribution >= 0.6 is 27.5 Å². The van der Waals surface area contributed by atoms with Gasteiger partial charge in [0.25, 0.3) is 0 Å². The zero-order valence-electron chi connectivity index (χ0n) is 9.70. The van der Waals surface area contributed by atoms with Crippen LogP contribution in [0.2, 0.25) is 5.02 Å². The fraction of sp³-hybridized carbons (Fsp3) is 0.0714. The molecular formula is C14H9BrClFO2. The Labute approximate surface area is 123 Å². The van der Waals surface area contributed by atoms with E-state index in [-0.39, 0.29) is 12.4 Å². The van der Waals surface area contributed by atoms with Crippen molar-refractivity contribution in [3.63, 3.8) is 0 Å². The molecule has 5 heteroatoms. The van der Waals surface area contributed by atoms with Crippen molar-refractivity contribution >= 4 is 33.8 Å². The SMILES string of the molecule is O=Cc1cc(Cl)ccc1OCc1ccc(Br)cc1F. The van der Waals surface area contributed by atoms with Crippen molar-refractivity contribution in [2.45, 2.75) is 6.61 Å². The predicted octanol–water partition coefficient (Wildman–Crippen LogP) is 4.63. The van der Waals surface area contributed by atoms with Crippen molar-refractivity contribution in [1.82, 2.24) is 0 Å². The van der Waals surface area contributed by atoms with E-state index in [9.17, 15) is 9.18 Å². The van der Waals surface area contributed by atoms with E-state index in [4.69, 9.17) is 16.3 Å². The summed E-state index contributed by atoms with van der Waals surface area (Å²) in [6, 6.07) is 9.41. The van der Waals surface area contributed by atoms with Gasteiger partial charge in [0, 0.05) is 15.1 Å². The smallest absolute Gasteiger partial charge is 0.153 e. The topological polar surface area (TPSA) is 26.3 Å². The number of ether oxygens (including phenoxy) is 1. The quantitative estimate of drug-likeness (QED) is 0.756. The zero-order valence-corrected chi connectivity index (χ0v) is 12.0. The number of carbonyl (C=O) groups is 1. The van der Waals surface area contributed by atoms with Gasteiger partial charge in [0.05, 0.1) is 5.56 Å². The van der Waals surface area contributed by atoms with Crippen LogP contribution in [0, 0.1) is 5.82 Å². The minimum absolute atomic E-state index is 0.0432. The summed E-state index contributed by atoms with van der Waals surface area (Å²) < 4.78 is 19.7. The number of hydrogen-bond acceptors (Lipinski definition) is 2. The molecule has 2 aromatic rings. The summed E-state index contributed by atoms with van der Waals surface area (Å²) in [4.78, 5) is 10.9. The fourth-order valence-electron chi connectivity index (χ4n) is 1.54. The first kappa shape index (κ1) is 14.0. The van der Waals surface area contributed by atoms with Crippen LogP contribution in [0.3, 0.4) is 0 Å². The summed E-state index contributed by atoms with van der Waals surface area (Å²) in [6.07, 6.45) is 0.652. The third-order valence-electron chi connectivity index (χ3n) is 2.50. The lowest BCUT2D eigenvalue weighted by Gasteiger charge is -2.09. The zero-order chi connectivity index (χ0) is 13.8. The molecule has 0 radical (unpaired) electrons. The van der Waals surface area contributed by atoms with Gasteiger partial charge in [0.2, 0.25) is 0 Å². The normalized spacial score (nSPS) is 10.3. The molecule has 0 amide bonds. The van der Waals surface area contributed by atoms with Gasteiger partial charge >= 0.3 is 0 Å². The first-order valence-corrected chi connectivity index (χ1v) is 6.58. The Morgan fingerprint density at radius 2 is 2.05 bits per heavy atom. The number of carbonyl (C=O) groups excluding carboxylic acids is 1. The van der Waals surface area contributed by atoms with Crippen LogP contribution in [-0.2, 0) is 6.61 Å². The molecule has 0 atom stereocenters. The second kappa shape index (κ2) is 6.17. The summed E-state index contributed by atoms with van der Waals surface area (Å²) in [6.45, 7) is 0.0432. The van der Waals surface area contributed by atoms with Crippen molar-refractivity contribution in [2.24, 2.45) is 0 Å². The van der Waals surface area contributed by atoms with Gasteiger partial charge in [-0.05, 0) is 30.3 Å². The minimum atomic E-state index is -0.365. The number of benzene rings is 2. The average molecular weight is 344 g/mol. The standard InChI is InChI=1S/C14H9BrClFO2/c15-11-2-1-9(13(17)6-11)8-19-14-4-3-12(16)5-10(14)7-18/h1-7H,8H2. The van der Waals surface area contributed by atoms with Crippen molar-refractivity contribution in [3.05, 3.63) is 62.8 Å².